The minimum atomic E-state index is -0.456. The second-order valence-electron chi connectivity index (χ2n) is 4.51. The Balaban J connectivity index is 2.31. The van der Waals surface area contributed by atoms with Crippen molar-refractivity contribution in [2.75, 3.05) is 25.2 Å². The van der Waals surface area contributed by atoms with E-state index < -0.39 is 6.10 Å². The van der Waals surface area contributed by atoms with Gasteiger partial charge in [0.25, 0.3) is 0 Å². The fourth-order valence-electron chi connectivity index (χ4n) is 2.20. The van der Waals surface area contributed by atoms with Crippen LogP contribution < -0.4 is 4.90 Å². The van der Waals surface area contributed by atoms with Crippen LogP contribution in [0.4, 0.5) is 5.69 Å². The summed E-state index contributed by atoms with van der Waals surface area (Å²) in [7, 11) is 2.06. The fourth-order valence-corrected chi connectivity index (χ4v) is 2.55. The maximum Gasteiger partial charge on any atom is 0.0782 e. The van der Waals surface area contributed by atoms with Crippen molar-refractivity contribution in [1.82, 2.24) is 0 Å². The van der Waals surface area contributed by atoms with Crippen LogP contribution in [0.1, 0.15) is 25.0 Å². The Bertz CT molecular complexity index is 389. The number of aliphatic hydroxyl groups is 1. The molecule has 4 heteroatoms. The lowest BCUT2D eigenvalue weighted by Gasteiger charge is -2.28. The van der Waals surface area contributed by atoms with E-state index in [0.29, 0.717) is 6.04 Å². The van der Waals surface area contributed by atoms with E-state index in [4.69, 9.17) is 4.74 Å². The largest absolute Gasteiger partial charge is 0.389 e. The summed E-state index contributed by atoms with van der Waals surface area (Å²) in [4.78, 5) is 2.21. The van der Waals surface area contributed by atoms with Crippen LogP contribution in [0, 0.1) is 0 Å². The van der Waals surface area contributed by atoms with Crippen molar-refractivity contribution < 1.29 is 9.84 Å². The van der Waals surface area contributed by atoms with Crippen LogP contribution in [0.3, 0.4) is 0 Å². The van der Waals surface area contributed by atoms with Crippen LogP contribution in [0.25, 0.3) is 0 Å². The number of nitrogens with zero attached hydrogens (tertiary/aromatic N) is 1. The standard InChI is InChI=1S/C13H18BrNO2/c1-9(16)12-4-3-10(14)7-13(12)15(2)11-5-6-17-8-11/h3-4,7,9,11,16H,5-6,8H2,1-2H3. The molecule has 1 aromatic carbocycles. The van der Waals surface area contributed by atoms with Crippen LogP contribution in [0.5, 0.6) is 0 Å². The predicted octanol–water partition coefficient (Wildman–Crippen LogP) is 2.73. The van der Waals surface area contributed by atoms with Crippen molar-refractivity contribution in [1.29, 1.82) is 0 Å². The number of hydrogen-bond donors (Lipinski definition) is 1. The molecule has 1 aliphatic rings. The minimum absolute atomic E-state index is 0.404. The molecule has 0 spiro atoms. The van der Waals surface area contributed by atoms with Gasteiger partial charge in [0.05, 0.1) is 18.8 Å². The van der Waals surface area contributed by atoms with E-state index in [-0.39, 0.29) is 0 Å². The second kappa shape index (κ2) is 5.38. The Labute approximate surface area is 111 Å². The molecule has 1 aliphatic heterocycles. The van der Waals surface area contributed by atoms with E-state index in [9.17, 15) is 5.11 Å². The molecule has 94 valence electrons. The number of aliphatic hydroxyl groups excluding tert-OH is 1. The highest BCUT2D eigenvalue weighted by Crippen LogP contribution is 2.31. The van der Waals surface area contributed by atoms with Crippen molar-refractivity contribution in [3.8, 4) is 0 Å². The monoisotopic (exact) mass is 299 g/mol. The van der Waals surface area contributed by atoms with Gasteiger partial charge in [-0.25, -0.2) is 0 Å². The van der Waals surface area contributed by atoms with Crippen LogP contribution in [-0.4, -0.2) is 31.4 Å². The summed E-state index contributed by atoms with van der Waals surface area (Å²) in [5.74, 6) is 0. The highest BCUT2D eigenvalue weighted by atomic mass is 79.9. The van der Waals surface area contributed by atoms with Gasteiger partial charge in [0.1, 0.15) is 0 Å². The fraction of sp³-hybridized carbons (Fsp3) is 0.538. The first-order chi connectivity index (χ1) is 8.09. The van der Waals surface area contributed by atoms with Gasteiger partial charge >= 0.3 is 0 Å². The molecule has 2 atom stereocenters. The summed E-state index contributed by atoms with van der Waals surface area (Å²) in [6.45, 7) is 3.39. The Hall–Kier alpha value is -0.580. The molecule has 3 nitrogen and oxygen atoms in total. The predicted molar refractivity (Wildman–Crippen MR) is 72.4 cm³/mol. The molecule has 1 fully saturated rings. The average molecular weight is 300 g/mol. The van der Waals surface area contributed by atoms with Crippen molar-refractivity contribution in [2.24, 2.45) is 0 Å². The highest BCUT2D eigenvalue weighted by Gasteiger charge is 2.23. The normalized spacial score (nSPS) is 21.5. The van der Waals surface area contributed by atoms with E-state index in [1.54, 1.807) is 6.92 Å². The van der Waals surface area contributed by atoms with E-state index in [1.165, 1.54) is 0 Å². The first-order valence-corrected chi connectivity index (χ1v) is 6.67. The van der Waals surface area contributed by atoms with Crippen LogP contribution >= 0.6 is 15.9 Å². The Morgan fingerprint density at radius 1 is 1.53 bits per heavy atom. The molecule has 0 bridgehead atoms. The number of halogens is 1. The van der Waals surface area contributed by atoms with Crippen LogP contribution in [0.2, 0.25) is 0 Å². The number of anilines is 1. The lowest BCUT2D eigenvalue weighted by Crippen LogP contribution is -2.32. The summed E-state index contributed by atoms with van der Waals surface area (Å²) < 4.78 is 6.44. The summed E-state index contributed by atoms with van der Waals surface area (Å²) in [6, 6.07) is 6.39. The van der Waals surface area contributed by atoms with Gasteiger partial charge < -0.3 is 14.7 Å². The summed E-state index contributed by atoms with van der Waals surface area (Å²) >= 11 is 3.48. The van der Waals surface area contributed by atoms with E-state index in [2.05, 4.69) is 33.9 Å². The number of hydrogen-bond acceptors (Lipinski definition) is 3. The van der Waals surface area contributed by atoms with E-state index >= 15 is 0 Å². The first-order valence-electron chi connectivity index (χ1n) is 5.87. The number of benzene rings is 1. The smallest absolute Gasteiger partial charge is 0.0782 e. The Morgan fingerprint density at radius 3 is 2.88 bits per heavy atom. The summed E-state index contributed by atoms with van der Waals surface area (Å²) in [5, 5.41) is 9.81. The molecule has 0 saturated carbocycles. The topological polar surface area (TPSA) is 32.7 Å². The zero-order valence-electron chi connectivity index (χ0n) is 10.2. The van der Waals surface area contributed by atoms with Gasteiger partial charge in [-0.15, -0.1) is 0 Å². The van der Waals surface area contributed by atoms with Gasteiger partial charge in [0, 0.05) is 29.4 Å². The maximum atomic E-state index is 9.81. The molecule has 2 rings (SSSR count). The lowest BCUT2D eigenvalue weighted by atomic mass is 10.1. The molecule has 1 saturated heterocycles. The number of rotatable bonds is 3. The molecule has 0 radical (unpaired) electrons. The lowest BCUT2D eigenvalue weighted by molar-refractivity contribution is 0.192. The van der Waals surface area contributed by atoms with Crippen LogP contribution in [-0.2, 0) is 4.74 Å². The zero-order valence-corrected chi connectivity index (χ0v) is 11.8. The molecule has 0 aliphatic carbocycles. The third-order valence-electron chi connectivity index (χ3n) is 3.28. The third kappa shape index (κ3) is 2.81. The molecular weight excluding hydrogens is 282 g/mol. The number of ether oxygens (including phenoxy) is 1. The third-order valence-corrected chi connectivity index (χ3v) is 3.77. The number of likely N-dealkylation sites (N-methyl/N-ethyl adjacent to an activating group) is 1. The molecule has 2 unspecified atom stereocenters. The SMILES string of the molecule is CC(O)c1ccc(Br)cc1N(C)C1CCOC1. The highest BCUT2D eigenvalue weighted by molar-refractivity contribution is 9.10. The Morgan fingerprint density at radius 2 is 2.29 bits per heavy atom. The molecule has 1 N–H and O–H groups in total. The van der Waals surface area contributed by atoms with E-state index in [0.717, 1.165) is 35.4 Å². The summed E-state index contributed by atoms with van der Waals surface area (Å²) in [6.07, 6.45) is 0.588. The van der Waals surface area contributed by atoms with Gasteiger partial charge in [0.2, 0.25) is 0 Å². The van der Waals surface area contributed by atoms with Gasteiger partial charge in [-0.2, -0.15) is 0 Å². The van der Waals surface area contributed by atoms with Gasteiger partial charge in [-0.05, 0) is 25.5 Å². The van der Waals surface area contributed by atoms with Crippen molar-refractivity contribution in [3.05, 3.63) is 28.2 Å². The Kier molecular flexibility index (Phi) is 4.07. The quantitative estimate of drug-likeness (QED) is 0.931. The molecule has 1 heterocycles. The first kappa shape index (κ1) is 12.9. The van der Waals surface area contributed by atoms with Crippen molar-refractivity contribution in [2.45, 2.75) is 25.5 Å². The molecule has 0 amide bonds. The molecule has 0 aromatic heterocycles. The van der Waals surface area contributed by atoms with Gasteiger partial charge in [-0.1, -0.05) is 22.0 Å². The maximum absolute atomic E-state index is 9.81. The van der Waals surface area contributed by atoms with Crippen molar-refractivity contribution >= 4 is 21.6 Å². The minimum Gasteiger partial charge on any atom is -0.389 e. The van der Waals surface area contributed by atoms with Crippen LogP contribution in [0.15, 0.2) is 22.7 Å². The zero-order chi connectivity index (χ0) is 12.4. The second-order valence-corrected chi connectivity index (χ2v) is 5.42. The van der Waals surface area contributed by atoms with Gasteiger partial charge in [-0.3, -0.25) is 0 Å². The van der Waals surface area contributed by atoms with Gasteiger partial charge in [0.15, 0.2) is 0 Å². The summed E-state index contributed by atoms with van der Waals surface area (Å²) in [5.41, 5.74) is 2.03. The molecule has 17 heavy (non-hydrogen) atoms. The van der Waals surface area contributed by atoms with Crippen molar-refractivity contribution in [3.63, 3.8) is 0 Å². The average Bonchev–Trinajstić information content (AvgIpc) is 2.80. The molecule has 1 aromatic rings. The van der Waals surface area contributed by atoms with E-state index in [1.807, 2.05) is 12.1 Å². The molecular formula is C13H18BrNO2.